The Morgan fingerprint density at radius 3 is 1.22 bits per heavy atom. The van der Waals surface area contributed by atoms with Gasteiger partial charge in [0.2, 0.25) is 0 Å². The third kappa shape index (κ3) is 48.5. The molecule has 0 aliphatic heterocycles. The van der Waals surface area contributed by atoms with E-state index in [9.17, 15) is 9.59 Å². The van der Waals surface area contributed by atoms with Crippen LogP contribution in [0.1, 0.15) is 265 Å². The summed E-state index contributed by atoms with van der Waals surface area (Å²) in [5, 5.41) is 0. The molecule has 60 heavy (non-hydrogen) atoms. The Morgan fingerprint density at radius 1 is 0.383 bits per heavy atom. The lowest BCUT2D eigenvalue weighted by Crippen LogP contribution is -2.30. The molecule has 0 radical (unpaired) electrons. The molecule has 0 amide bonds. The quantitative estimate of drug-likeness (QED) is 0.0347. The Bertz CT molecular complexity index is 997. The van der Waals surface area contributed by atoms with Crippen molar-refractivity contribution in [3.8, 4) is 0 Å². The van der Waals surface area contributed by atoms with Crippen LogP contribution in [0.2, 0.25) is 0 Å². The van der Waals surface area contributed by atoms with Crippen molar-refractivity contribution in [3.63, 3.8) is 0 Å². The predicted octanol–water partition coefficient (Wildman–Crippen LogP) is 17.6. The van der Waals surface area contributed by atoms with E-state index in [2.05, 4.69) is 69.4 Å². The SMILES string of the molecule is CC/C=C\C/C=C\C/C=C\CCCCCCCCCC(=O)OCC(COCCCCCCCCCC/C=C\CCCCCCCC)OC(=O)CCCCCCCCCCC. The maximum Gasteiger partial charge on any atom is 0.306 e. The Kier molecular flexibility index (Phi) is 49.4. The summed E-state index contributed by atoms with van der Waals surface area (Å²) in [6.45, 7) is 7.71. The highest BCUT2D eigenvalue weighted by Crippen LogP contribution is 2.15. The van der Waals surface area contributed by atoms with E-state index in [4.69, 9.17) is 14.2 Å². The third-order valence-corrected chi connectivity index (χ3v) is 11.3. The molecule has 0 aromatic rings. The first-order valence-electron chi connectivity index (χ1n) is 26.2. The molecule has 0 spiro atoms. The summed E-state index contributed by atoms with van der Waals surface area (Å²) in [6.07, 6.45) is 62.7. The standard InChI is InChI=1S/C55H100O5/c1-4-7-10-13-16-19-21-23-25-27-29-31-33-35-38-41-44-47-50-58-51-53(60-55(57)49-46-43-40-36-18-15-12-9-6-3)52-59-54(56)48-45-42-39-37-34-32-30-28-26-24-22-20-17-14-11-8-5-2/h8,11,17,20,23-26,53H,4-7,9-10,12-16,18-19,21-22,27-52H2,1-3H3/b11-8-,20-17-,25-23-,26-24-. The number of carbonyl (C=O) groups excluding carboxylic acids is 2. The molecule has 5 heteroatoms. The van der Waals surface area contributed by atoms with Gasteiger partial charge in [0.1, 0.15) is 6.61 Å². The molecular weight excluding hydrogens is 741 g/mol. The average Bonchev–Trinajstić information content (AvgIpc) is 3.25. The van der Waals surface area contributed by atoms with Crippen LogP contribution in [-0.2, 0) is 23.8 Å². The van der Waals surface area contributed by atoms with Gasteiger partial charge < -0.3 is 14.2 Å². The normalized spacial score (nSPS) is 12.5. The molecule has 0 fully saturated rings. The van der Waals surface area contributed by atoms with E-state index in [0.717, 1.165) is 70.6 Å². The summed E-state index contributed by atoms with van der Waals surface area (Å²) in [6, 6.07) is 0. The van der Waals surface area contributed by atoms with Gasteiger partial charge in [0.05, 0.1) is 6.61 Å². The molecule has 1 atom stereocenters. The molecule has 0 heterocycles. The molecule has 0 aromatic heterocycles. The number of unbranched alkanes of at least 4 members (excludes halogenated alkanes) is 29. The zero-order valence-electron chi connectivity index (χ0n) is 40.2. The van der Waals surface area contributed by atoms with Crippen molar-refractivity contribution >= 4 is 11.9 Å². The van der Waals surface area contributed by atoms with Crippen molar-refractivity contribution in [2.45, 2.75) is 271 Å². The van der Waals surface area contributed by atoms with E-state index in [0.29, 0.717) is 19.4 Å². The average molecular weight is 841 g/mol. The fourth-order valence-corrected chi connectivity index (χ4v) is 7.46. The molecule has 1 unspecified atom stereocenters. The van der Waals surface area contributed by atoms with Gasteiger partial charge >= 0.3 is 11.9 Å². The second-order valence-corrected chi connectivity index (χ2v) is 17.4. The van der Waals surface area contributed by atoms with Gasteiger partial charge in [-0.05, 0) is 77.0 Å². The lowest BCUT2D eigenvalue weighted by Gasteiger charge is -2.18. The Balaban J connectivity index is 4.17. The lowest BCUT2D eigenvalue weighted by molar-refractivity contribution is -0.163. The van der Waals surface area contributed by atoms with Gasteiger partial charge in [0.25, 0.3) is 0 Å². The topological polar surface area (TPSA) is 61.8 Å². The zero-order chi connectivity index (χ0) is 43.5. The number of carbonyl (C=O) groups is 2. The molecule has 0 saturated heterocycles. The summed E-state index contributed by atoms with van der Waals surface area (Å²) >= 11 is 0. The van der Waals surface area contributed by atoms with Gasteiger partial charge in [-0.2, -0.15) is 0 Å². The summed E-state index contributed by atoms with van der Waals surface area (Å²) in [4.78, 5) is 25.3. The van der Waals surface area contributed by atoms with Crippen LogP contribution in [0.15, 0.2) is 48.6 Å². The minimum Gasteiger partial charge on any atom is -0.462 e. The molecule has 0 aliphatic carbocycles. The molecular formula is C55H100O5. The molecule has 0 aromatic carbocycles. The van der Waals surface area contributed by atoms with Gasteiger partial charge in [0.15, 0.2) is 6.10 Å². The van der Waals surface area contributed by atoms with Crippen molar-refractivity contribution in [3.05, 3.63) is 48.6 Å². The van der Waals surface area contributed by atoms with E-state index in [1.54, 1.807) is 0 Å². The smallest absolute Gasteiger partial charge is 0.306 e. The monoisotopic (exact) mass is 841 g/mol. The molecule has 0 aliphatic rings. The maximum absolute atomic E-state index is 12.7. The van der Waals surface area contributed by atoms with Crippen LogP contribution < -0.4 is 0 Å². The fourth-order valence-electron chi connectivity index (χ4n) is 7.46. The van der Waals surface area contributed by atoms with Crippen molar-refractivity contribution in [1.82, 2.24) is 0 Å². The first-order valence-corrected chi connectivity index (χ1v) is 26.2. The fraction of sp³-hybridized carbons (Fsp3) is 0.818. The van der Waals surface area contributed by atoms with E-state index < -0.39 is 6.10 Å². The number of allylic oxidation sites excluding steroid dienone is 8. The van der Waals surface area contributed by atoms with Gasteiger partial charge in [-0.15, -0.1) is 0 Å². The lowest BCUT2D eigenvalue weighted by atomic mass is 10.1. The first-order chi connectivity index (χ1) is 29.6. The van der Waals surface area contributed by atoms with Crippen LogP contribution in [0.25, 0.3) is 0 Å². The van der Waals surface area contributed by atoms with Gasteiger partial charge in [-0.1, -0.05) is 223 Å². The van der Waals surface area contributed by atoms with Gasteiger partial charge in [-0.3, -0.25) is 9.59 Å². The molecule has 0 rings (SSSR count). The predicted molar refractivity (Wildman–Crippen MR) is 261 cm³/mol. The summed E-state index contributed by atoms with van der Waals surface area (Å²) in [5.74, 6) is -0.403. The number of ether oxygens (including phenoxy) is 3. The zero-order valence-corrected chi connectivity index (χ0v) is 40.2. The van der Waals surface area contributed by atoms with Crippen molar-refractivity contribution in [2.24, 2.45) is 0 Å². The van der Waals surface area contributed by atoms with Crippen LogP contribution >= 0.6 is 0 Å². The molecule has 0 saturated carbocycles. The second-order valence-electron chi connectivity index (χ2n) is 17.4. The van der Waals surface area contributed by atoms with Crippen LogP contribution in [0, 0.1) is 0 Å². The number of hydrogen-bond donors (Lipinski definition) is 0. The van der Waals surface area contributed by atoms with E-state index >= 15 is 0 Å². The molecule has 5 nitrogen and oxygen atoms in total. The van der Waals surface area contributed by atoms with E-state index in [1.165, 1.54) is 161 Å². The summed E-state index contributed by atoms with van der Waals surface area (Å²) in [5.41, 5.74) is 0. The molecule has 0 N–H and O–H groups in total. The number of rotatable bonds is 48. The first kappa shape index (κ1) is 57.9. The van der Waals surface area contributed by atoms with E-state index in [1.807, 2.05) is 0 Å². The Labute approximate surface area is 373 Å². The minimum absolute atomic E-state index is 0.0816. The highest BCUT2D eigenvalue weighted by molar-refractivity contribution is 5.70. The van der Waals surface area contributed by atoms with Crippen LogP contribution in [0.3, 0.4) is 0 Å². The van der Waals surface area contributed by atoms with Gasteiger partial charge in [0, 0.05) is 19.4 Å². The van der Waals surface area contributed by atoms with Crippen LogP contribution in [-0.4, -0.2) is 37.9 Å². The summed E-state index contributed by atoms with van der Waals surface area (Å²) in [7, 11) is 0. The number of esters is 2. The van der Waals surface area contributed by atoms with Crippen molar-refractivity contribution in [2.75, 3.05) is 19.8 Å². The van der Waals surface area contributed by atoms with Crippen molar-refractivity contribution < 1.29 is 23.8 Å². The Morgan fingerprint density at radius 2 is 0.750 bits per heavy atom. The van der Waals surface area contributed by atoms with Crippen LogP contribution in [0.4, 0.5) is 0 Å². The largest absolute Gasteiger partial charge is 0.462 e. The van der Waals surface area contributed by atoms with Crippen LogP contribution in [0.5, 0.6) is 0 Å². The summed E-state index contributed by atoms with van der Waals surface area (Å²) < 4.78 is 17.4. The highest BCUT2D eigenvalue weighted by atomic mass is 16.6. The van der Waals surface area contributed by atoms with Crippen molar-refractivity contribution in [1.29, 1.82) is 0 Å². The molecule has 0 bridgehead atoms. The number of hydrogen-bond acceptors (Lipinski definition) is 5. The Hall–Kier alpha value is -2.14. The highest BCUT2D eigenvalue weighted by Gasteiger charge is 2.17. The molecule has 350 valence electrons. The third-order valence-electron chi connectivity index (χ3n) is 11.3. The van der Waals surface area contributed by atoms with E-state index in [-0.39, 0.29) is 25.2 Å². The maximum atomic E-state index is 12.7. The van der Waals surface area contributed by atoms with Gasteiger partial charge in [-0.25, -0.2) is 0 Å². The minimum atomic E-state index is -0.537. The second kappa shape index (κ2) is 51.2.